The lowest BCUT2D eigenvalue weighted by molar-refractivity contribution is 0.174. The number of para-hydroxylation sites is 1. The number of pyridine rings is 1. The minimum atomic E-state index is 0.305. The molecule has 2 aromatic carbocycles. The second-order valence-electron chi connectivity index (χ2n) is 5.33. The van der Waals surface area contributed by atoms with E-state index in [9.17, 15) is 0 Å². The molecule has 0 aliphatic carbocycles. The Kier molecular flexibility index (Phi) is 3.47. The lowest BCUT2D eigenvalue weighted by Crippen LogP contribution is -1.94. The summed E-state index contributed by atoms with van der Waals surface area (Å²) in [6, 6.07) is 14.4. The van der Waals surface area contributed by atoms with E-state index < -0.39 is 0 Å². The number of halogens is 1. The van der Waals surface area contributed by atoms with Crippen LogP contribution in [0.1, 0.15) is 11.1 Å². The molecule has 0 amide bonds. The number of hydrogen-bond acceptors (Lipinski definition) is 3. The third-order valence-corrected chi connectivity index (χ3v) is 4.61. The van der Waals surface area contributed by atoms with E-state index >= 15 is 0 Å². The van der Waals surface area contributed by atoms with Gasteiger partial charge in [0.25, 0.3) is 0 Å². The molecule has 0 unspecified atom stereocenters. The van der Waals surface area contributed by atoms with E-state index in [0.717, 1.165) is 34.3 Å². The predicted molar refractivity (Wildman–Crippen MR) is 89.4 cm³/mol. The monoisotopic (exact) mass is 355 g/mol. The minimum Gasteiger partial charge on any atom is -0.454 e. The Bertz CT molecular complexity index is 848. The first-order valence-corrected chi connectivity index (χ1v) is 8.00. The molecule has 1 aliphatic rings. The van der Waals surface area contributed by atoms with Crippen molar-refractivity contribution in [2.75, 3.05) is 6.79 Å². The van der Waals surface area contributed by atoms with E-state index in [0.29, 0.717) is 6.79 Å². The molecule has 0 bridgehead atoms. The summed E-state index contributed by atoms with van der Waals surface area (Å²) >= 11 is 3.61. The van der Waals surface area contributed by atoms with Crippen molar-refractivity contribution in [3.05, 3.63) is 64.3 Å². The summed E-state index contributed by atoms with van der Waals surface area (Å²) in [5.74, 6) is 1.64. The molecule has 3 aromatic rings. The Morgan fingerprint density at radius 1 is 1.00 bits per heavy atom. The first-order chi connectivity index (χ1) is 10.8. The summed E-state index contributed by atoms with van der Waals surface area (Å²) in [7, 11) is 0. The van der Waals surface area contributed by atoms with Crippen molar-refractivity contribution in [3.63, 3.8) is 0 Å². The average Bonchev–Trinajstić information content (AvgIpc) is 2.99. The maximum atomic E-state index is 5.45. The van der Waals surface area contributed by atoms with Gasteiger partial charge in [0.05, 0.1) is 5.52 Å². The molecule has 110 valence electrons. The highest BCUT2D eigenvalue weighted by atomic mass is 79.9. The van der Waals surface area contributed by atoms with E-state index in [1.807, 2.05) is 30.5 Å². The molecule has 0 radical (unpaired) electrons. The standard InChI is InChI=1S/C18H14BrNO2/c19-15-9-18-17(21-11-22-18)8-13(15)6-5-12-7-14-3-1-2-4-16(14)20-10-12/h1-4,7-10H,5-6,11H2. The van der Waals surface area contributed by atoms with Gasteiger partial charge in [-0.3, -0.25) is 4.98 Å². The molecule has 22 heavy (non-hydrogen) atoms. The zero-order chi connectivity index (χ0) is 14.9. The molecular formula is C18H14BrNO2. The SMILES string of the molecule is Brc1cc2c(cc1CCc1cnc3ccccc3c1)OCO2. The summed E-state index contributed by atoms with van der Waals surface area (Å²) < 4.78 is 11.9. The van der Waals surface area contributed by atoms with Gasteiger partial charge >= 0.3 is 0 Å². The Labute approximate surface area is 137 Å². The van der Waals surface area contributed by atoms with Crippen LogP contribution in [0.2, 0.25) is 0 Å². The Morgan fingerprint density at radius 3 is 2.73 bits per heavy atom. The molecule has 4 heteroatoms. The zero-order valence-electron chi connectivity index (χ0n) is 11.9. The smallest absolute Gasteiger partial charge is 0.231 e. The van der Waals surface area contributed by atoms with Crippen LogP contribution in [-0.2, 0) is 12.8 Å². The van der Waals surface area contributed by atoms with Crippen LogP contribution in [0.25, 0.3) is 10.9 Å². The number of aryl methyl sites for hydroxylation is 2. The van der Waals surface area contributed by atoms with Gasteiger partial charge in [-0.1, -0.05) is 34.1 Å². The molecule has 0 fully saturated rings. The number of ether oxygens (including phenoxy) is 2. The number of rotatable bonds is 3. The summed E-state index contributed by atoms with van der Waals surface area (Å²) in [6.07, 6.45) is 3.83. The largest absolute Gasteiger partial charge is 0.454 e. The van der Waals surface area contributed by atoms with Crippen LogP contribution >= 0.6 is 15.9 Å². The molecule has 0 spiro atoms. The van der Waals surface area contributed by atoms with Crippen LogP contribution < -0.4 is 9.47 Å². The second kappa shape index (κ2) is 5.61. The first-order valence-electron chi connectivity index (χ1n) is 7.21. The topological polar surface area (TPSA) is 31.4 Å². The van der Waals surface area contributed by atoms with Gasteiger partial charge in [0.1, 0.15) is 0 Å². The maximum Gasteiger partial charge on any atom is 0.231 e. The fraction of sp³-hybridized carbons (Fsp3) is 0.167. The maximum absolute atomic E-state index is 5.45. The third kappa shape index (κ3) is 2.55. The normalized spacial score (nSPS) is 12.8. The number of nitrogens with zero attached hydrogens (tertiary/aromatic N) is 1. The number of hydrogen-bond donors (Lipinski definition) is 0. The highest BCUT2D eigenvalue weighted by Crippen LogP contribution is 2.37. The Balaban J connectivity index is 1.56. The highest BCUT2D eigenvalue weighted by Gasteiger charge is 2.16. The summed E-state index contributed by atoms with van der Waals surface area (Å²) in [5.41, 5.74) is 3.50. The second-order valence-corrected chi connectivity index (χ2v) is 6.19. The zero-order valence-corrected chi connectivity index (χ0v) is 13.5. The van der Waals surface area contributed by atoms with Gasteiger partial charge in [-0.15, -0.1) is 0 Å². The van der Waals surface area contributed by atoms with Gasteiger partial charge < -0.3 is 9.47 Å². The van der Waals surface area contributed by atoms with Crippen molar-refractivity contribution in [1.29, 1.82) is 0 Å². The van der Waals surface area contributed by atoms with Crippen LogP contribution in [0.15, 0.2) is 53.1 Å². The molecule has 0 atom stereocenters. The molecule has 2 heterocycles. The highest BCUT2D eigenvalue weighted by molar-refractivity contribution is 9.10. The van der Waals surface area contributed by atoms with Gasteiger partial charge in [0, 0.05) is 16.1 Å². The molecule has 3 nitrogen and oxygen atoms in total. The van der Waals surface area contributed by atoms with Crippen molar-refractivity contribution in [1.82, 2.24) is 4.98 Å². The van der Waals surface area contributed by atoms with E-state index in [-0.39, 0.29) is 0 Å². The summed E-state index contributed by atoms with van der Waals surface area (Å²) in [5, 5.41) is 1.18. The number of aromatic nitrogens is 1. The van der Waals surface area contributed by atoms with E-state index in [1.54, 1.807) is 0 Å². The van der Waals surface area contributed by atoms with Crippen LogP contribution in [0.4, 0.5) is 0 Å². The number of fused-ring (bicyclic) bond motifs is 2. The quantitative estimate of drug-likeness (QED) is 0.692. The van der Waals surface area contributed by atoms with Crippen LogP contribution in [0.3, 0.4) is 0 Å². The fourth-order valence-corrected chi connectivity index (χ4v) is 3.20. The minimum absolute atomic E-state index is 0.305. The van der Waals surface area contributed by atoms with Crippen molar-refractivity contribution in [3.8, 4) is 11.5 Å². The molecule has 0 saturated carbocycles. The first kappa shape index (κ1) is 13.6. The van der Waals surface area contributed by atoms with Gasteiger partial charge in [-0.05, 0) is 48.2 Å². The Morgan fingerprint density at radius 2 is 1.82 bits per heavy atom. The van der Waals surface area contributed by atoms with Crippen molar-refractivity contribution in [2.24, 2.45) is 0 Å². The third-order valence-electron chi connectivity index (χ3n) is 3.87. The Hall–Kier alpha value is -2.07. The fourth-order valence-electron chi connectivity index (χ4n) is 2.68. The average molecular weight is 356 g/mol. The van der Waals surface area contributed by atoms with Crippen LogP contribution in [-0.4, -0.2) is 11.8 Å². The van der Waals surface area contributed by atoms with Crippen LogP contribution in [0.5, 0.6) is 11.5 Å². The van der Waals surface area contributed by atoms with Crippen LogP contribution in [0, 0.1) is 0 Å². The van der Waals surface area contributed by atoms with Gasteiger partial charge in [-0.2, -0.15) is 0 Å². The summed E-state index contributed by atoms with van der Waals surface area (Å²) in [6.45, 7) is 0.305. The predicted octanol–water partition coefficient (Wildman–Crippen LogP) is 4.51. The molecule has 0 saturated heterocycles. The van der Waals surface area contributed by atoms with E-state index in [4.69, 9.17) is 9.47 Å². The van der Waals surface area contributed by atoms with Crippen molar-refractivity contribution < 1.29 is 9.47 Å². The summed E-state index contributed by atoms with van der Waals surface area (Å²) in [4.78, 5) is 4.52. The number of benzene rings is 2. The van der Waals surface area contributed by atoms with Crippen molar-refractivity contribution in [2.45, 2.75) is 12.8 Å². The lowest BCUT2D eigenvalue weighted by atomic mass is 10.0. The van der Waals surface area contributed by atoms with Gasteiger partial charge in [0.15, 0.2) is 11.5 Å². The van der Waals surface area contributed by atoms with Gasteiger partial charge in [-0.25, -0.2) is 0 Å². The molecule has 1 aromatic heterocycles. The van der Waals surface area contributed by atoms with E-state index in [2.05, 4.69) is 39.1 Å². The molecule has 0 N–H and O–H groups in total. The molecule has 4 rings (SSSR count). The van der Waals surface area contributed by atoms with Gasteiger partial charge in [0.2, 0.25) is 6.79 Å². The lowest BCUT2D eigenvalue weighted by Gasteiger charge is -2.07. The molecule has 1 aliphatic heterocycles. The molecular weight excluding hydrogens is 342 g/mol. The van der Waals surface area contributed by atoms with E-state index in [1.165, 1.54) is 16.5 Å². The van der Waals surface area contributed by atoms with Crippen molar-refractivity contribution >= 4 is 26.8 Å².